The van der Waals surface area contributed by atoms with Crippen molar-refractivity contribution in [2.45, 2.75) is 300 Å². The van der Waals surface area contributed by atoms with Crippen molar-refractivity contribution in [1.82, 2.24) is 77.7 Å². The molecule has 0 bridgehead atoms. The Hall–Kier alpha value is -12.1. The summed E-state index contributed by atoms with van der Waals surface area (Å²) in [7, 11) is 0. The van der Waals surface area contributed by atoms with E-state index in [0.29, 0.717) is 12.8 Å². The summed E-state index contributed by atoms with van der Waals surface area (Å²) < 4.78 is 0. The minimum absolute atomic E-state index is 0.0156. The molecule has 0 saturated carbocycles. The molecular weight excluding hydrogens is 1680 g/mol. The largest absolute Gasteiger partial charge is 0.481 e. The molecule has 16 unspecified atom stereocenters. The van der Waals surface area contributed by atoms with Crippen LogP contribution >= 0.6 is 0 Å². The van der Waals surface area contributed by atoms with E-state index >= 15 is 0 Å². The highest BCUT2D eigenvalue weighted by atomic mass is 16.4. The molecule has 5 aliphatic rings. The number of carboxylic acids is 3. The number of aliphatic hydroxyl groups excluding tert-OH is 1. The topological polar surface area (TPSA) is 766 Å². The van der Waals surface area contributed by atoms with Crippen LogP contribution in [0.15, 0.2) is 9.98 Å². The lowest BCUT2D eigenvalue weighted by Gasteiger charge is -2.33. The molecule has 0 aromatic carbocycles. The number of carbonyl (C=O) groups is 20. The second-order valence-corrected chi connectivity index (χ2v) is 33.9. The van der Waals surface area contributed by atoms with E-state index in [1.807, 2.05) is 13.8 Å². The Labute approximate surface area is 741 Å². The van der Waals surface area contributed by atoms with Crippen LogP contribution in [0.1, 0.15) is 204 Å². The number of primary amides is 2. The summed E-state index contributed by atoms with van der Waals surface area (Å²) in [5.74, 6) is -19.2. The maximum atomic E-state index is 14.6. The molecule has 17 amide bonds. The minimum atomic E-state index is -1.75. The first kappa shape index (κ1) is 108. The van der Waals surface area contributed by atoms with E-state index < -0.39 is 254 Å². The zero-order valence-electron chi connectivity index (χ0n) is 74.3. The molecule has 0 spiro atoms. The Kier molecular flexibility index (Phi) is 44.7. The van der Waals surface area contributed by atoms with Crippen LogP contribution in [0.25, 0.3) is 0 Å². The zero-order valence-corrected chi connectivity index (χ0v) is 74.3. The van der Waals surface area contributed by atoms with E-state index in [1.54, 1.807) is 27.7 Å². The normalized spacial score (nSPS) is 19.7. The van der Waals surface area contributed by atoms with Crippen molar-refractivity contribution in [3.05, 3.63) is 0 Å². The van der Waals surface area contributed by atoms with Gasteiger partial charge in [0, 0.05) is 65.6 Å². The van der Waals surface area contributed by atoms with Gasteiger partial charge in [0.15, 0.2) is 11.9 Å². The molecule has 128 heavy (non-hydrogen) atoms. The van der Waals surface area contributed by atoms with Gasteiger partial charge in [-0.05, 0) is 154 Å². The lowest BCUT2D eigenvalue weighted by Crippen LogP contribution is -2.61. The second kappa shape index (κ2) is 52.8. The predicted octanol–water partition coefficient (Wildman–Crippen LogP) is -7.42. The van der Waals surface area contributed by atoms with Gasteiger partial charge in [0.25, 0.3) is 5.97 Å². The van der Waals surface area contributed by atoms with Gasteiger partial charge < -0.3 is 138 Å². The average Bonchev–Trinajstić information content (AvgIpc) is 2.53. The van der Waals surface area contributed by atoms with Crippen molar-refractivity contribution in [3.63, 3.8) is 0 Å². The number of nitrogens with one attached hydrogen (secondary N) is 10. The number of aliphatic hydroxyl groups is 1. The highest BCUT2D eigenvalue weighted by molar-refractivity contribution is 6.02. The van der Waals surface area contributed by atoms with Crippen LogP contribution in [0, 0.1) is 17.8 Å². The molecule has 48 nitrogen and oxygen atoms in total. The lowest BCUT2D eigenvalue weighted by atomic mass is 9.99. The molecule has 28 N–H and O–H groups in total. The summed E-state index contributed by atoms with van der Waals surface area (Å²) in [6, 6.07) is -22.0. The van der Waals surface area contributed by atoms with Crippen LogP contribution in [-0.4, -0.2) is 324 Å². The van der Waals surface area contributed by atoms with Crippen molar-refractivity contribution in [1.29, 1.82) is 0 Å². The fraction of sp³-hybridized carbons (Fsp3) is 0.725. The third-order valence-electron chi connectivity index (χ3n) is 21.9. The molecule has 5 saturated heterocycles. The second-order valence-electron chi connectivity index (χ2n) is 33.9. The number of carboxylic acid groups (broad SMARTS) is 3. The predicted molar refractivity (Wildman–Crippen MR) is 458 cm³/mol. The Morgan fingerprint density at radius 3 is 1.15 bits per heavy atom. The molecule has 0 aromatic rings. The maximum Gasteiger partial charge on any atom is 0.326 e. The number of rotatable bonds is 49. The number of guanidine groups is 2. The summed E-state index contributed by atoms with van der Waals surface area (Å²) in [5.41, 5.74) is 39.3. The number of amides is 17. The molecule has 0 aromatic heterocycles. The van der Waals surface area contributed by atoms with E-state index in [2.05, 4.69) is 63.2 Å². The van der Waals surface area contributed by atoms with Gasteiger partial charge >= 0.3 is 11.9 Å². The quantitative estimate of drug-likeness (QED) is 0.0153. The maximum absolute atomic E-state index is 14.6. The van der Waals surface area contributed by atoms with Crippen LogP contribution in [0.5, 0.6) is 0 Å². The number of nitrogens with two attached hydrogens (primary N) is 7. The first-order valence-electron chi connectivity index (χ1n) is 43.3. The van der Waals surface area contributed by atoms with E-state index in [-0.39, 0.29) is 172 Å². The Morgan fingerprint density at radius 1 is 0.359 bits per heavy atom. The van der Waals surface area contributed by atoms with Gasteiger partial charge in [-0.2, -0.15) is 0 Å². The SMILES string of the molecule is CC(=O)O.CC(C)CC(N)C(=O)NC(CCC(=O)O)C(=O)NC(CC(N)=O)C(=O)N1CCCC1C(=O)NC(CO)C(=O)N1CCCC1C(=O)NC(CCC(N)=O)C(=O)NC(C)C(=O)N1CCCC1C(=O)NC(C)C(=O)NC(CCCN=C(N)N)C(=O)NC(CCCN=C(N)N)C(=O)NC(CC(C)C)C(=O)NC(CC(C)C)C(=O)N1CCCC1C(=O)N1CCCC1C(=O)O. The van der Waals surface area contributed by atoms with Crippen LogP contribution in [0.3, 0.4) is 0 Å². The van der Waals surface area contributed by atoms with Gasteiger partial charge in [-0.3, -0.25) is 101 Å². The van der Waals surface area contributed by atoms with E-state index in [0.717, 1.165) is 21.6 Å². The van der Waals surface area contributed by atoms with E-state index in [1.165, 1.54) is 23.6 Å². The molecule has 5 fully saturated rings. The van der Waals surface area contributed by atoms with Crippen LogP contribution < -0.4 is 93.3 Å². The number of nitrogens with zero attached hydrogens (tertiary/aromatic N) is 7. The van der Waals surface area contributed by atoms with Gasteiger partial charge in [0.2, 0.25) is 100 Å². The molecule has 718 valence electrons. The van der Waals surface area contributed by atoms with Crippen molar-refractivity contribution < 1.29 is 116 Å². The smallest absolute Gasteiger partial charge is 0.326 e. The molecule has 0 aliphatic carbocycles. The molecule has 5 aliphatic heterocycles. The highest BCUT2D eigenvalue weighted by Gasteiger charge is 2.48. The Bertz CT molecular complexity index is 4010. The lowest BCUT2D eigenvalue weighted by molar-refractivity contribution is -0.152. The standard InChI is InChI=1S/C78H130N24O22.C2H4O2/c1-39(2)34-44(79)62(109)91-48(24-26-60(106)107)66(113)96-51(37-59(81)105)73(120)99-30-12-20-55(99)70(117)97-52(38-103)74(121)100-31-13-19-54(100)69(116)93-47(23-25-58(80)104)63(110)89-43(8)71(118)98-29-11-18-53(98)68(115)88-42(7)61(108)90-45(16-9-27-86-77(82)83)64(111)92-46(17-10-28-87-78(84)85)65(112)94-49(35-40(3)4)67(114)95-50(36-41(5)6)72(119)101-32-14-21-56(101)75(122)102-33-15-22-57(102)76(123)124;1-2(3)4/h39-57,103H,9-38,79H2,1-8H3,(H2,80,104)(H2,81,105)(H,88,115)(H,89,110)(H,90,108)(H,91,109)(H,92,111)(H,93,116)(H,94,112)(H,95,114)(H,96,113)(H,97,117)(H,106,107)(H,123,124)(H4,82,83,86)(H4,84,85,87);1H3,(H,3,4). The third kappa shape index (κ3) is 34.9. The van der Waals surface area contributed by atoms with Crippen molar-refractivity contribution >= 4 is 130 Å². The van der Waals surface area contributed by atoms with Crippen LogP contribution in [0.4, 0.5) is 0 Å². The minimum Gasteiger partial charge on any atom is -0.481 e. The zero-order chi connectivity index (χ0) is 96.3. The number of hydrogen-bond acceptors (Lipinski definition) is 24. The fourth-order valence-corrected chi connectivity index (χ4v) is 15.7. The van der Waals surface area contributed by atoms with E-state index in [4.69, 9.17) is 50.0 Å². The van der Waals surface area contributed by atoms with Gasteiger partial charge in [-0.25, -0.2) is 4.79 Å². The van der Waals surface area contributed by atoms with Crippen LogP contribution in [0.2, 0.25) is 0 Å². The summed E-state index contributed by atoms with van der Waals surface area (Å²) >= 11 is 0. The monoisotopic (exact) mass is 1820 g/mol. The van der Waals surface area contributed by atoms with Gasteiger partial charge in [-0.15, -0.1) is 0 Å². The molecule has 0 radical (unpaired) electrons. The summed E-state index contributed by atoms with van der Waals surface area (Å²) in [6.45, 7) is 13.5. The van der Waals surface area contributed by atoms with Gasteiger partial charge in [-0.1, -0.05) is 41.5 Å². The molecule has 48 heteroatoms. The average molecular weight is 1820 g/mol. The molecule has 5 rings (SSSR count). The number of aliphatic imine (C=N–C) groups is 2. The van der Waals surface area contributed by atoms with Crippen LogP contribution in [-0.2, 0) is 95.9 Å². The van der Waals surface area contributed by atoms with Gasteiger partial charge in [0.1, 0.15) is 90.6 Å². The van der Waals surface area contributed by atoms with Crippen molar-refractivity contribution in [2.24, 2.45) is 67.9 Å². The molecule has 5 heterocycles. The van der Waals surface area contributed by atoms with Crippen molar-refractivity contribution in [3.8, 4) is 0 Å². The molecular formula is C80H134N24O24. The Balaban J connectivity index is 0.00000839. The number of carbonyl (C=O) groups excluding carboxylic acids is 17. The summed E-state index contributed by atoms with van der Waals surface area (Å²) in [6.07, 6.45) is -0.440. The number of hydrogen-bond donors (Lipinski definition) is 21. The molecule has 16 atom stereocenters. The summed E-state index contributed by atoms with van der Waals surface area (Å²) in [5, 5.41) is 62.9. The highest BCUT2D eigenvalue weighted by Crippen LogP contribution is 2.29. The fourth-order valence-electron chi connectivity index (χ4n) is 15.7. The number of aliphatic carboxylic acids is 3. The third-order valence-corrected chi connectivity index (χ3v) is 21.9. The first-order valence-corrected chi connectivity index (χ1v) is 43.3. The Morgan fingerprint density at radius 2 is 0.703 bits per heavy atom. The van der Waals surface area contributed by atoms with E-state index in [9.17, 15) is 106 Å². The van der Waals surface area contributed by atoms with Gasteiger partial charge in [0.05, 0.1) is 19.1 Å². The first-order chi connectivity index (χ1) is 60.1. The van der Waals surface area contributed by atoms with Crippen molar-refractivity contribution in [2.75, 3.05) is 52.4 Å². The summed E-state index contributed by atoms with van der Waals surface area (Å²) in [4.78, 5) is 284. The number of likely N-dealkylation sites (tertiary alicyclic amines) is 5.